The molecule has 0 N–H and O–H groups in total. The van der Waals surface area contributed by atoms with Crippen LogP contribution in [0, 0.1) is 5.92 Å². The molecule has 3 nitrogen and oxygen atoms in total. The highest BCUT2D eigenvalue weighted by atomic mass is 16.5. The van der Waals surface area contributed by atoms with E-state index in [1.165, 1.54) is 31.2 Å². The van der Waals surface area contributed by atoms with Gasteiger partial charge in [-0.3, -0.25) is 4.79 Å². The molecule has 0 saturated heterocycles. The Bertz CT molecular complexity index is 989. The Morgan fingerprint density at radius 1 is 1.03 bits per heavy atom. The quantitative estimate of drug-likeness (QED) is 0.152. The molecule has 1 fully saturated rings. The van der Waals surface area contributed by atoms with Crippen LogP contribution in [0.4, 0.5) is 0 Å². The molecule has 0 aromatic heterocycles. The van der Waals surface area contributed by atoms with E-state index in [-0.39, 0.29) is 11.3 Å². The van der Waals surface area contributed by atoms with Gasteiger partial charge in [0, 0.05) is 19.3 Å². The van der Waals surface area contributed by atoms with Gasteiger partial charge in [-0.15, -0.1) is 0 Å². The zero-order valence-electron chi connectivity index (χ0n) is 22.5. The van der Waals surface area contributed by atoms with Crippen molar-refractivity contribution in [3.63, 3.8) is 0 Å². The van der Waals surface area contributed by atoms with E-state index in [0.29, 0.717) is 37.6 Å². The van der Waals surface area contributed by atoms with Crippen LogP contribution in [0.2, 0.25) is 0 Å². The predicted molar refractivity (Wildman–Crippen MR) is 149 cm³/mol. The van der Waals surface area contributed by atoms with E-state index in [9.17, 15) is 9.59 Å². The zero-order valence-corrected chi connectivity index (χ0v) is 22.5. The molecular formula is C33H44O3. The van der Waals surface area contributed by atoms with Crippen LogP contribution in [0.5, 0.6) is 5.75 Å². The van der Waals surface area contributed by atoms with Gasteiger partial charge < -0.3 is 9.53 Å². The molecule has 2 atom stereocenters. The summed E-state index contributed by atoms with van der Waals surface area (Å²) in [5, 5.41) is 0. The molecule has 194 valence electrons. The van der Waals surface area contributed by atoms with Crippen molar-refractivity contribution in [3.05, 3.63) is 77.4 Å². The summed E-state index contributed by atoms with van der Waals surface area (Å²) in [4.78, 5) is 23.3. The van der Waals surface area contributed by atoms with Crippen molar-refractivity contribution in [2.24, 2.45) is 5.92 Å². The maximum atomic E-state index is 12.6. The average molecular weight is 489 g/mol. The fourth-order valence-electron chi connectivity index (χ4n) is 5.39. The average Bonchev–Trinajstić information content (AvgIpc) is 2.89. The number of aldehydes is 1. The van der Waals surface area contributed by atoms with Crippen molar-refractivity contribution in [3.8, 4) is 5.75 Å². The fourth-order valence-corrected chi connectivity index (χ4v) is 5.39. The lowest BCUT2D eigenvalue weighted by Gasteiger charge is -2.33. The number of carbonyl (C=O) groups is 2. The molecule has 0 bridgehead atoms. The van der Waals surface area contributed by atoms with E-state index < -0.39 is 0 Å². The second-order valence-electron chi connectivity index (χ2n) is 11.0. The van der Waals surface area contributed by atoms with Crippen molar-refractivity contribution < 1.29 is 14.3 Å². The molecule has 2 unspecified atom stereocenters. The minimum absolute atomic E-state index is 0.0660. The van der Waals surface area contributed by atoms with E-state index in [4.69, 9.17) is 4.74 Å². The molecule has 0 spiro atoms. The van der Waals surface area contributed by atoms with Crippen LogP contribution in [0.3, 0.4) is 0 Å². The second-order valence-corrected chi connectivity index (χ2v) is 11.0. The Hall–Kier alpha value is -2.68. The highest BCUT2D eigenvalue weighted by molar-refractivity contribution is 5.80. The Labute approximate surface area is 218 Å². The number of rotatable bonds is 14. The summed E-state index contributed by atoms with van der Waals surface area (Å²) in [6.45, 7) is 7.43. The first-order valence-corrected chi connectivity index (χ1v) is 13.9. The first-order valence-electron chi connectivity index (χ1n) is 13.9. The zero-order chi connectivity index (χ0) is 25.8. The molecule has 2 aromatic carbocycles. The number of unbranched alkanes of at least 4 members (excludes halogenated alkanes) is 3. The summed E-state index contributed by atoms with van der Waals surface area (Å²) in [6, 6.07) is 17.0. The van der Waals surface area contributed by atoms with E-state index in [1.807, 2.05) is 24.3 Å². The van der Waals surface area contributed by atoms with Gasteiger partial charge in [0.1, 0.15) is 24.4 Å². The monoisotopic (exact) mass is 488 g/mol. The lowest BCUT2D eigenvalue weighted by atomic mass is 9.72. The van der Waals surface area contributed by atoms with Gasteiger partial charge in [-0.25, -0.2) is 0 Å². The number of allylic oxidation sites excluding steroid dienone is 2. The number of carbonyl (C=O) groups excluding carboxylic acids is 2. The third-order valence-electron chi connectivity index (χ3n) is 7.74. The fraction of sp³-hybridized carbons (Fsp3) is 0.515. The molecular weight excluding hydrogens is 444 g/mol. The minimum atomic E-state index is 0.0660. The number of benzene rings is 2. The Balaban J connectivity index is 1.89. The van der Waals surface area contributed by atoms with Crippen molar-refractivity contribution >= 4 is 12.1 Å². The third kappa shape index (κ3) is 8.18. The van der Waals surface area contributed by atoms with Crippen molar-refractivity contribution in [2.75, 3.05) is 0 Å². The van der Waals surface area contributed by atoms with Crippen LogP contribution in [-0.2, 0) is 21.6 Å². The van der Waals surface area contributed by atoms with Crippen LogP contribution in [-0.4, -0.2) is 12.1 Å². The lowest BCUT2D eigenvalue weighted by molar-refractivity contribution is -0.121. The molecule has 2 aromatic rings. The van der Waals surface area contributed by atoms with Gasteiger partial charge in [-0.05, 0) is 59.3 Å². The largest absolute Gasteiger partial charge is 0.489 e. The molecule has 1 aliphatic carbocycles. The Morgan fingerprint density at radius 2 is 1.83 bits per heavy atom. The number of hydrogen-bond acceptors (Lipinski definition) is 3. The maximum absolute atomic E-state index is 12.6. The Morgan fingerprint density at radius 3 is 2.58 bits per heavy atom. The van der Waals surface area contributed by atoms with E-state index >= 15 is 0 Å². The molecule has 1 saturated carbocycles. The molecule has 36 heavy (non-hydrogen) atoms. The van der Waals surface area contributed by atoms with Crippen molar-refractivity contribution in [1.29, 1.82) is 0 Å². The third-order valence-corrected chi connectivity index (χ3v) is 7.74. The van der Waals surface area contributed by atoms with Gasteiger partial charge in [0.25, 0.3) is 0 Å². The molecule has 1 aliphatic rings. The van der Waals surface area contributed by atoms with Gasteiger partial charge in [0.15, 0.2) is 0 Å². The minimum Gasteiger partial charge on any atom is -0.489 e. The maximum Gasteiger partial charge on any atom is 0.133 e. The van der Waals surface area contributed by atoms with Gasteiger partial charge in [-0.2, -0.15) is 0 Å². The highest BCUT2D eigenvalue weighted by Gasteiger charge is 2.32. The SMILES string of the molecule is CCCCCCC(C)(C)c1ccc(C2CC(=O)CCC2CC=CCC=O)c(OCc2ccccc2)c1. The van der Waals surface area contributed by atoms with Gasteiger partial charge in [0.2, 0.25) is 0 Å². The lowest BCUT2D eigenvalue weighted by Crippen LogP contribution is -2.24. The molecule has 3 heteroatoms. The molecule has 0 heterocycles. The standard InChI is InChI=1S/C33H44O3/c1-4-5-6-12-21-33(2,3)28-18-20-30(32(23-28)36-25-26-14-9-7-10-15-26)31-24-29(35)19-17-27(31)16-11-8-13-22-34/h7-11,14-15,18,20,22-23,27,31H,4-6,12-13,16-17,19,21,24-25H2,1-3H3. The number of Topliss-reactive ketones (excluding diaryl/α,β-unsaturated/α-hetero) is 1. The van der Waals surface area contributed by atoms with E-state index in [2.05, 4.69) is 57.2 Å². The summed E-state index contributed by atoms with van der Waals surface area (Å²) in [5.74, 6) is 1.76. The molecule has 0 aliphatic heterocycles. The predicted octanol–water partition coefficient (Wildman–Crippen LogP) is 8.50. The summed E-state index contributed by atoms with van der Waals surface area (Å²) in [6.07, 6.45) is 14.6. The molecule has 0 radical (unpaired) electrons. The topological polar surface area (TPSA) is 43.4 Å². The van der Waals surface area contributed by atoms with Gasteiger partial charge in [0.05, 0.1) is 0 Å². The van der Waals surface area contributed by atoms with Crippen molar-refractivity contribution in [2.45, 2.75) is 103 Å². The summed E-state index contributed by atoms with van der Waals surface area (Å²) in [7, 11) is 0. The summed E-state index contributed by atoms with van der Waals surface area (Å²) < 4.78 is 6.51. The van der Waals surface area contributed by atoms with E-state index in [1.54, 1.807) is 0 Å². The van der Waals surface area contributed by atoms with Gasteiger partial charge >= 0.3 is 0 Å². The van der Waals surface area contributed by atoms with Gasteiger partial charge in [-0.1, -0.05) is 101 Å². The second kappa shape index (κ2) is 14.2. The molecule has 3 rings (SSSR count). The smallest absolute Gasteiger partial charge is 0.133 e. The number of ether oxygens (including phenoxy) is 1. The summed E-state index contributed by atoms with van der Waals surface area (Å²) in [5.41, 5.74) is 3.66. The number of hydrogen-bond donors (Lipinski definition) is 0. The first kappa shape index (κ1) is 27.9. The van der Waals surface area contributed by atoms with Crippen LogP contribution in [0.25, 0.3) is 0 Å². The van der Waals surface area contributed by atoms with Crippen LogP contribution < -0.4 is 4.74 Å². The number of ketones is 1. The first-order chi connectivity index (χ1) is 17.4. The van der Waals surface area contributed by atoms with Crippen molar-refractivity contribution in [1.82, 2.24) is 0 Å². The summed E-state index contributed by atoms with van der Waals surface area (Å²) >= 11 is 0. The Kier molecular flexibility index (Phi) is 11.0. The highest BCUT2D eigenvalue weighted by Crippen LogP contribution is 2.44. The van der Waals surface area contributed by atoms with Crippen LogP contribution in [0.1, 0.15) is 108 Å². The normalized spacial score (nSPS) is 18.5. The van der Waals surface area contributed by atoms with E-state index in [0.717, 1.165) is 42.4 Å². The molecule has 0 amide bonds. The van der Waals surface area contributed by atoms with Crippen LogP contribution in [0.15, 0.2) is 60.7 Å². The van der Waals surface area contributed by atoms with Crippen LogP contribution >= 0.6 is 0 Å².